The van der Waals surface area contributed by atoms with Crippen molar-refractivity contribution in [2.45, 2.75) is 33.6 Å². The highest BCUT2D eigenvalue weighted by Crippen LogP contribution is 2.28. The maximum atomic E-state index is 11.3. The van der Waals surface area contributed by atoms with Crippen molar-refractivity contribution in [2.24, 2.45) is 5.92 Å². The van der Waals surface area contributed by atoms with Crippen LogP contribution in [-0.2, 0) is 4.79 Å². The first kappa shape index (κ1) is 16.4. The molecule has 0 saturated carbocycles. The number of carbonyl (C=O) groups is 1. The third-order valence-corrected chi connectivity index (χ3v) is 4.64. The number of aryl methyl sites for hydroxylation is 3. The van der Waals surface area contributed by atoms with Crippen LogP contribution >= 0.6 is 0 Å². The molecule has 1 unspecified atom stereocenters. The number of aromatic nitrogens is 2. The number of aliphatic carboxylic acids is 1. The molecule has 24 heavy (non-hydrogen) atoms. The van der Waals surface area contributed by atoms with Gasteiger partial charge in [-0.25, -0.2) is 9.97 Å². The molecule has 0 bridgehead atoms. The van der Waals surface area contributed by atoms with E-state index < -0.39 is 5.97 Å². The lowest BCUT2D eigenvalue weighted by atomic mass is 9.98. The lowest BCUT2D eigenvalue weighted by Crippen LogP contribution is -2.39. The summed E-state index contributed by atoms with van der Waals surface area (Å²) in [5.41, 5.74) is 4.61. The summed E-state index contributed by atoms with van der Waals surface area (Å²) in [6, 6.07) is 6.14. The van der Waals surface area contributed by atoms with Gasteiger partial charge in [-0.05, 0) is 50.8 Å². The molecule has 2 aromatic rings. The highest BCUT2D eigenvalue weighted by atomic mass is 16.4. The van der Waals surface area contributed by atoms with E-state index in [-0.39, 0.29) is 5.92 Å². The molecule has 1 aliphatic rings. The normalized spacial score (nSPS) is 17.8. The quantitative estimate of drug-likeness (QED) is 0.937. The number of nitrogens with zero attached hydrogens (tertiary/aromatic N) is 3. The zero-order chi connectivity index (χ0) is 17.3. The van der Waals surface area contributed by atoms with Crippen molar-refractivity contribution in [1.29, 1.82) is 0 Å². The van der Waals surface area contributed by atoms with Crippen LogP contribution in [-0.4, -0.2) is 34.1 Å². The van der Waals surface area contributed by atoms with Crippen LogP contribution in [0.1, 0.15) is 29.5 Å². The number of hydrogen-bond donors (Lipinski definition) is 1. The molecule has 0 aliphatic carbocycles. The largest absolute Gasteiger partial charge is 0.481 e. The summed E-state index contributed by atoms with van der Waals surface area (Å²) in [5.74, 6) is 0.476. The van der Waals surface area contributed by atoms with E-state index in [2.05, 4.69) is 42.8 Å². The summed E-state index contributed by atoms with van der Waals surface area (Å²) < 4.78 is 0. The van der Waals surface area contributed by atoms with E-state index in [1.165, 1.54) is 5.56 Å². The Balaban J connectivity index is 1.94. The van der Waals surface area contributed by atoms with Crippen LogP contribution in [0, 0.1) is 26.7 Å². The van der Waals surface area contributed by atoms with Gasteiger partial charge >= 0.3 is 5.97 Å². The van der Waals surface area contributed by atoms with Gasteiger partial charge in [0.05, 0.1) is 5.92 Å². The molecule has 1 saturated heterocycles. The molecule has 126 valence electrons. The maximum absolute atomic E-state index is 11.3. The number of carboxylic acids is 1. The van der Waals surface area contributed by atoms with Crippen molar-refractivity contribution >= 4 is 11.8 Å². The van der Waals surface area contributed by atoms with Gasteiger partial charge in [0.1, 0.15) is 5.82 Å². The first-order chi connectivity index (χ1) is 11.5. The van der Waals surface area contributed by atoms with E-state index in [1.54, 1.807) is 6.20 Å². The van der Waals surface area contributed by atoms with Gasteiger partial charge < -0.3 is 10.0 Å². The molecule has 2 heterocycles. The number of anilines is 1. The second-order valence-corrected chi connectivity index (χ2v) is 6.64. The van der Waals surface area contributed by atoms with Crippen molar-refractivity contribution < 1.29 is 9.90 Å². The number of benzene rings is 1. The SMILES string of the molecule is Cc1cc(C)c(-c2nccc(N3CCCC(C(=O)O)C3)n2)c(C)c1. The lowest BCUT2D eigenvalue weighted by Gasteiger charge is -2.31. The van der Waals surface area contributed by atoms with Crippen LogP contribution in [0.5, 0.6) is 0 Å². The van der Waals surface area contributed by atoms with Gasteiger partial charge in [0.25, 0.3) is 0 Å². The smallest absolute Gasteiger partial charge is 0.308 e. The van der Waals surface area contributed by atoms with E-state index in [0.717, 1.165) is 41.9 Å². The Labute approximate surface area is 142 Å². The Hall–Kier alpha value is -2.43. The molecule has 0 amide bonds. The summed E-state index contributed by atoms with van der Waals surface area (Å²) in [5, 5.41) is 9.27. The zero-order valence-electron chi connectivity index (χ0n) is 14.4. The molecule has 1 N–H and O–H groups in total. The summed E-state index contributed by atoms with van der Waals surface area (Å²) in [6.07, 6.45) is 3.37. The minimum Gasteiger partial charge on any atom is -0.481 e. The average Bonchev–Trinajstić information content (AvgIpc) is 2.54. The molecular formula is C19H23N3O2. The fraction of sp³-hybridized carbons (Fsp3) is 0.421. The Morgan fingerprint density at radius 3 is 2.62 bits per heavy atom. The third-order valence-electron chi connectivity index (χ3n) is 4.64. The molecule has 1 fully saturated rings. The van der Waals surface area contributed by atoms with Crippen LogP contribution in [0.15, 0.2) is 24.4 Å². The van der Waals surface area contributed by atoms with Crippen LogP contribution in [0.2, 0.25) is 0 Å². The Kier molecular flexibility index (Phi) is 4.51. The van der Waals surface area contributed by atoms with Crippen molar-refractivity contribution in [3.63, 3.8) is 0 Å². The summed E-state index contributed by atoms with van der Waals surface area (Å²) in [7, 11) is 0. The number of piperidine rings is 1. The second-order valence-electron chi connectivity index (χ2n) is 6.64. The van der Waals surface area contributed by atoms with E-state index in [9.17, 15) is 9.90 Å². The van der Waals surface area contributed by atoms with Crippen molar-refractivity contribution in [3.8, 4) is 11.4 Å². The molecule has 1 aromatic heterocycles. The minimum atomic E-state index is -0.723. The highest BCUT2D eigenvalue weighted by Gasteiger charge is 2.26. The van der Waals surface area contributed by atoms with E-state index in [4.69, 9.17) is 4.98 Å². The third kappa shape index (κ3) is 3.25. The molecule has 0 spiro atoms. The molecule has 3 rings (SSSR count). The van der Waals surface area contributed by atoms with Crippen molar-refractivity contribution in [3.05, 3.63) is 41.1 Å². The summed E-state index contributed by atoms with van der Waals surface area (Å²) in [6.45, 7) is 7.59. The van der Waals surface area contributed by atoms with Gasteiger partial charge in [0, 0.05) is 24.8 Å². The molecular weight excluding hydrogens is 302 g/mol. The molecule has 5 nitrogen and oxygen atoms in total. The van der Waals surface area contributed by atoms with Crippen LogP contribution in [0.4, 0.5) is 5.82 Å². The average molecular weight is 325 g/mol. The van der Waals surface area contributed by atoms with Crippen molar-refractivity contribution in [1.82, 2.24) is 9.97 Å². The number of rotatable bonds is 3. The minimum absolute atomic E-state index is 0.319. The van der Waals surface area contributed by atoms with Gasteiger partial charge in [-0.2, -0.15) is 0 Å². The number of hydrogen-bond acceptors (Lipinski definition) is 4. The van der Waals surface area contributed by atoms with E-state index in [0.29, 0.717) is 12.4 Å². The van der Waals surface area contributed by atoms with E-state index >= 15 is 0 Å². The van der Waals surface area contributed by atoms with Gasteiger partial charge in [-0.1, -0.05) is 17.7 Å². The van der Waals surface area contributed by atoms with Crippen LogP contribution in [0.25, 0.3) is 11.4 Å². The Morgan fingerprint density at radius 1 is 1.25 bits per heavy atom. The van der Waals surface area contributed by atoms with Crippen LogP contribution < -0.4 is 4.90 Å². The van der Waals surface area contributed by atoms with Gasteiger partial charge in [0.15, 0.2) is 5.82 Å². The summed E-state index contributed by atoms with van der Waals surface area (Å²) >= 11 is 0. The standard InChI is InChI=1S/C19H23N3O2/c1-12-9-13(2)17(14(3)10-12)18-20-7-6-16(21-18)22-8-4-5-15(11-22)19(23)24/h6-7,9-10,15H,4-5,8,11H2,1-3H3,(H,23,24). The number of carboxylic acid groups (broad SMARTS) is 1. The lowest BCUT2D eigenvalue weighted by molar-refractivity contribution is -0.141. The predicted octanol–water partition coefficient (Wildman–Crippen LogP) is 3.37. The fourth-order valence-corrected chi connectivity index (χ4v) is 3.57. The molecule has 0 radical (unpaired) electrons. The molecule has 5 heteroatoms. The molecule has 1 aromatic carbocycles. The zero-order valence-corrected chi connectivity index (χ0v) is 14.4. The first-order valence-corrected chi connectivity index (χ1v) is 8.34. The van der Waals surface area contributed by atoms with E-state index in [1.807, 2.05) is 6.07 Å². The van der Waals surface area contributed by atoms with Gasteiger partial charge in [0.2, 0.25) is 0 Å². The topological polar surface area (TPSA) is 66.3 Å². The Bertz CT molecular complexity index is 750. The van der Waals surface area contributed by atoms with Crippen LogP contribution in [0.3, 0.4) is 0 Å². The second kappa shape index (κ2) is 6.59. The highest BCUT2D eigenvalue weighted by molar-refractivity contribution is 5.71. The first-order valence-electron chi connectivity index (χ1n) is 8.34. The maximum Gasteiger partial charge on any atom is 0.308 e. The van der Waals surface area contributed by atoms with Crippen molar-refractivity contribution in [2.75, 3.05) is 18.0 Å². The fourth-order valence-electron chi connectivity index (χ4n) is 3.57. The molecule has 1 aliphatic heterocycles. The summed E-state index contributed by atoms with van der Waals surface area (Å²) in [4.78, 5) is 22.5. The monoisotopic (exact) mass is 325 g/mol. The predicted molar refractivity (Wildman–Crippen MR) is 94.3 cm³/mol. The molecule has 1 atom stereocenters. The van der Waals surface area contributed by atoms with Gasteiger partial charge in [-0.3, -0.25) is 4.79 Å². The Morgan fingerprint density at radius 2 is 1.96 bits per heavy atom. The van der Waals surface area contributed by atoms with Gasteiger partial charge in [-0.15, -0.1) is 0 Å².